The standard InChI is InChI=1S/C21H30N4O2/c1-16-23-21(27-24-16)20(18-9-13-26-14-10-18)22-15-17-5-7-19(8-6-17)25-11-3-2-4-12-25/h5-8,18,20,22H,2-4,9-15H2,1H3/t20-/m0/s1. The maximum absolute atomic E-state index is 5.53. The molecule has 3 heterocycles. The van der Waals surface area contributed by atoms with E-state index in [0.29, 0.717) is 17.6 Å². The third-order valence-electron chi connectivity index (χ3n) is 5.73. The first kappa shape index (κ1) is 18.4. The number of rotatable bonds is 6. The minimum absolute atomic E-state index is 0.0804. The fourth-order valence-corrected chi connectivity index (χ4v) is 4.15. The number of hydrogen-bond donors (Lipinski definition) is 1. The van der Waals surface area contributed by atoms with Crippen molar-refractivity contribution >= 4 is 5.69 Å². The normalized spacial score (nSPS) is 20.0. The van der Waals surface area contributed by atoms with Crippen molar-refractivity contribution in [1.29, 1.82) is 0 Å². The van der Waals surface area contributed by atoms with Crippen LogP contribution in [0.4, 0.5) is 5.69 Å². The van der Waals surface area contributed by atoms with Gasteiger partial charge in [-0.05, 0) is 62.6 Å². The lowest BCUT2D eigenvalue weighted by molar-refractivity contribution is 0.0485. The van der Waals surface area contributed by atoms with Crippen LogP contribution in [0.25, 0.3) is 0 Å². The van der Waals surface area contributed by atoms with Gasteiger partial charge in [-0.3, -0.25) is 0 Å². The highest BCUT2D eigenvalue weighted by Gasteiger charge is 2.29. The summed E-state index contributed by atoms with van der Waals surface area (Å²) in [5.41, 5.74) is 2.62. The van der Waals surface area contributed by atoms with Crippen LogP contribution in [0.15, 0.2) is 28.8 Å². The molecular formula is C21H30N4O2. The molecule has 0 radical (unpaired) electrons. The number of aromatic nitrogens is 2. The molecule has 4 rings (SSSR count). The topological polar surface area (TPSA) is 63.4 Å². The van der Waals surface area contributed by atoms with Gasteiger partial charge in [-0.15, -0.1) is 0 Å². The minimum Gasteiger partial charge on any atom is -0.381 e. The van der Waals surface area contributed by atoms with Crippen LogP contribution in [-0.4, -0.2) is 36.4 Å². The first-order valence-electron chi connectivity index (χ1n) is 10.2. The highest BCUT2D eigenvalue weighted by molar-refractivity contribution is 5.47. The van der Waals surface area contributed by atoms with Gasteiger partial charge in [0.1, 0.15) is 0 Å². The Kier molecular flexibility index (Phi) is 6.04. The minimum atomic E-state index is 0.0804. The predicted octanol–water partition coefficient (Wildman–Crippen LogP) is 3.63. The van der Waals surface area contributed by atoms with E-state index in [1.54, 1.807) is 0 Å². The number of hydrogen-bond acceptors (Lipinski definition) is 6. The Bertz CT molecular complexity index is 703. The Morgan fingerprint density at radius 2 is 1.85 bits per heavy atom. The van der Waals surface area contributed by atoms with Gasteiger partial charge in [-0.25, -0.2) is 0 Å². The van der Waals surface area contributed by atoms with Crippen LogP contribution in [0.3, 0.4) is 0 Å². The molecule has 0 bridgehead atoms. The predicted molar refractivity (Wildman–Crippen MR) is 105 cm³/mol. The van der Waals surface area contributed by atoms with E-state index in [1.165, 1.54) is 43.6 Å². The molecule has 2 saturated heterocycles. The summed E-state index contributed by atoms with van der Waals surface area (Å²) in [6, 6.07) is 9.05. The van der Waals surface area contributed by atoms with E-state index in [2.05, 4.69) is 44.6 Å². The number of nitrogens with one attached hydrogen (secondary N) is 1. The zero-order valence-corrected chi connectivity index (χ0v) is 16.2. The third-order valence-corrected chi connectivity index (χ3v) is 5.73. The summed E-state index contributed by atoms with van der Waals surface area (Å²) in [5, 5.41) is 7.66. The molecule has 0 amide bonds. The second-order valence-electron chi connectivity index (χ2n) is 7.70. The highest BCUT2D eigenvalue weighted by atomic mass is 16.5. The van der Waals surface area contributed by atoms with E-state index in [0.717, 1.165) is 32.6 Å². The summed E-state index contributed by atoms with van der Waals surface area (Å²) >= 11 is 0. The number of nitrogens with zero attached hydrogens (tertiary/aromatic N) is 3. The lowest BCUT2D eigenvalue weighted by Crippen LogP contribution is -2.32. The van der Waals surface area contributed by atoms with Crippen molar-refractivity contribution in [2.45, 2.75) is 51.6 Å². The largest absolute Gasteiger partial charge is 0.381 e. The molecule has 2 aliphatic rings. The number of ether oxygens (including phenoxy) is 1. The summed E-state index contributed by atoms with van der Waals surface area (Å²) < 4.78 is 11.0. The summed E-state index contributed by atoms with van der Waals surface area (Å²) in [6.45, 7) is 6.64. The van der Waals surface area contributed by atoms with Crippen molar-refractivity contribution in [2.75, 3.05) is 31.2 Å². The van der Waals surface area contributed by atoms with Crippen molar-refractivity contribution < 1.29 is 9.26 Å². The Morgan fingerprint density at radius 1 is 1.11 bits per heavy atom. The smallest absolute Gasteiger partial charge is 0.244 e. The van der Waals surface area contributed by atoms with E-state index in [-0.39, 0.29) is 6.04 Å². The van der Waals surface area contributed by atoms with Crippen molar-refractivity contribution in [3.8, 4) is 0 Å². The Hall–Kier alpha value is -1.92. The van der Waals surface area contributed by atoms with Crippen LogP contribution in [0.2, 0.25) is 0 Å². The first-order chi connectivity index (χ1) is 13.3. The molecule has 2 aliphatic heterocycles. The molecule has 1 atom stereocenters. The highest BCUT2D eigenvalue weighted by Crippen LogP contribution is 2.30. The van der Waals surface area contributed by atoms with E-state index in [1.807, 2.05) is 6.92 Å². The average molecular weight is 370 g/mol. The van der Waals surface area contributed by atoms with Crippen LogP contribution in [0.5, 0.6) is 0 Å². The average Bonchev–Trinajstić information content (AvgIpc) is 3.16. The fraction of sp³-hybridized carbons (Fsp3) is 0.619. The maximum atomic E-state index is 5.53. The van der Waals surface area contributed by atoms with Gasteiger partial charge < -0.3 is 19.5 Å². The molecule has 2 fully saturated rings. The second kappa shape index (κ2) is 8.85. The summed E-state index contributed by atoms with van der Waals surface area (Å²) in [4.78, 5) is 6.98. The zero-order chi connectivity index (χ0) is 18.5. The van der Waals surface area contributed by atoms with Crippen molar-refractivity contribution in [2.24, 2.45) is 5.92 Å². The number of piperidine rings is 1. The Labute approximate surface area is 161 Å². The summed E-state index contributed by atoms with van der Waals surface area (Å²) in [7, 11) is 0. The van der Waals surface area contributed by atoms with Crippen molar-refractivity contribution in [3.63, 3.8) is 0 Å². The van der Waals surface area contributed by atoms with Crippen LogP contribution in [0.1, 0.15) is 55.4 Å². The first-order valence-corrected chi connectivity index (χ1v) is 10.2. The van der Waals surface area contributed by atoms with Gasteiger partial charge in [-0.2, -0.15) is 4.98 Å². The molecule has 1 aromatic heterocycles. The second-order valence-corrected chi connectivity index (χ2v) is 7.70. The molecule has 1 aromatic carbocycles. The third kappa shape index (κ3) is 4.68. The molecule has 6 heteroatoms. The Morgan fingerprint density at radius 3 is 2.52 bits per heavy atom. The molecule has 0 unspecified atom stereocenters. The molecule has 1 N–H and O–H groups in total. The van der Waals surface area contributed by atoms with Gasteiger partial charge >= 0.3 is 0 Å². The van der Waals surface area contributed by atoms with Gasteiger partial charge in [-0.1, -0.05) is 17.3 Å². The van der Waals surface area contributed by atoms with E-state index in [4.69, 9.17) is 9.26 Å². The molecule has 0 saturated carbocycles. The van der Waals surface area contributed by atoms with Gasteiger partial charge in [0.15, 0.2) is 5.82 Å². The lowest BCUT2D eigenvalue weighted by atomic mass is 9.91. The molecule has 2 aromatic rings. The molecule has 6 nitrogen and oxygen atoms in total. The fourth-order valence-electron chi connectivity index (χ4n) is 4.15. The quantitative estimate of drug-likeness (QED) is 0.838. The molecular weight excluding hydrogens is 340 g/mol. The van der Waals surface area contributed by atoms with Gasteiger partial charge in [0.2, 0.25) is 5.89 Å². The summed E-state index contributed by atoms with van der Waals surface area (Å²) in [5.74, 6) is 1.85. The Balaban J connectivity index is 1.40. The summed E-state index contributed by atoms with van der Waals surface area (Å²) in [6.07, 6.45) is 6.01. The van der Waals surface area contributed by atoms with Crippen molar-refractivity contribution in [1.82, 2.24) is 15.5 Å². The number of aryl methyl sites for hydroxylation is 1. The van der Waals surface area contributed by atoms with Gasteiger partial charge in [0.25, 0.3) is 0 Å². The van der Waals surface area contributed by atoms with E-state index in [9.17, 15) is 0 Å². The van der Waals surface area contributed by atoms with Crippen molar-refractivity contribution in [3.05, 3.63) is 41.5 Å². The number of benzene rings is 1. The molecule has 0 aliphatic carbocycles. The van der Waals surface area contributed by atoms with Gasteiger partial charge in [0, 0.05) is 38.5 Å². The SMILES string of the molecule is Cc1noc([C@@H](NCc2ccc(N3CCCCC3)cc2)C2CCOCC2)n1. The van der Waals surface area contributed by atoms with Crippen LogP contribution < -0.4 is 10.2 Å². The van der Waals surface area contributed by atoms with E-state index < -0.39 is 0 Å². The van der Waals surface area contributed by atoms with Crippen LogP contribution in [0, 0.1) is 12.8 Å². The molecule has 146 valence electrons. The lowest BCUT2D eigenvalue weighted by Gasteiger charge is -2.29. The molecule has 27 heavy (non-hydrogen) atoms. The van der Waals surface area contributed by atoms with Crippen LogP contribution >= 0.6 is 0 Å². The van der Waals surface area contributed by atoms with Gasteiger partial charge in [0.05, 0.1) is 6.04 Å². The molecule has 0 spiro atoms. The monoisotopic (exact) mass is 370 g/mol. The number of anilines is 1. The van der Waals surface area contributed by atoms with Crippen LogP contribution in [-0.2, 0) is 11.3 Å². The maximum Gasteiger partial charge on any atom is 0.244 e. The zero-order valence-electron chi connectivity index (χ0n) is 16.2. The van der Waals surface area contributed by atoms with E-state index >= 15 is 0 Å².